The number of anilines is 2. The number of benzene rings is 4. The van der Waals surface area contributed by atoms with Gasteiger partial charge in [-0.05, 0) is 71.6 Å². The first-order chi connectivity index (χ1) is 24.4. The summed E-state index contributed by atoms with van der Waals surface area (Å²) >= 11 is 0. The Balaban J connectivity index is 1.03. The van der Waals surface area contributed by atoms with E-state index in [1.165, 1.54) is 38.5 Å². The highest BCUT2D eigenvalue weighted by Gasteiger charge is 2.54. The zero-order valence-corrected chi connectivity index (χ0v) is 29.8. The molecule has 6 nitrogen and oxygen atoms in total. The summed E-state index contributed by atoms with van der Waals surface area (Å²) in [6.45, 7) is 4.55. The van der Waals surface area contributed by atoms with Crippen molar-refractivity contribution in [3.63, 3.8) is 0 Å². The molecule has 0 atom stereocenters. The van der Waals surface area contributed by atoms with E-state index < -0.39 is 35.5 Å². The van der Waals surface area contributed by atoms with Crippen LogP contribution in [0.5, 0.6) is 11.5 Å². The van der Waals surface area contributed by atoms with Crippen LogP contribution in [0.25, 0.3) is 21.5 Å². The molecular weight excluding hydrogens is 620 g/mol. The minimum absolute atomic E-state index is 0.406. The van der Waals surface area contributed by atoms with Gasteiger partial charge in [-0.2, -0.15) is 0 Å². The number of nitrogens with one attached hydrogen (secondary N) is 2. The van der Waals surface area contributed by atoms with Gasteiger partial charge >= 0.3 is 0 Å². The lowest BCUT2D eigenvalue weighted by atomic mass is 9.62. The molecule has 3 saturated carbocycles. The molecule has 4 aromatic rings. The Hall–Kier alpha value is -3.48. The molecule has 0 radical (unpaired) electrons. The fourth-order valence-electron chi connectivity index (χ4n) is 10.4. The second kappa shape index (κ2) is 12.6. The lowest BCUT2D eigenvalue weighted by Crippen LogP contribution is -2.54. The standard InChI is InChI=1S/C44H54N2O4/c1-3-5-9-27-19-23-43(24-20-27)45-39-31(17-15-29-11-7-13-33(49-43)35(29)39)37-41(47)38(42(37)48)32-18-16-30-12-8-14-34-36(30)40(32)46-44(50-34)25-21-28(22-26-44)10-6-4-2/h7-8,11-18,27-28,37-38,41-42,45-48H,3-6,9-10,19-26H2,1-2H3. The van der Waals surface area contributed by atoms with Gasteiger partial charge in [0, 0.05) is 48.3 Å². The number of rotatable bonds is 8. The molecule has 0 aromatic heterocycles. The first-order valence-corrected chi connectivity index (χ1v) is 19.8. The van der Waals surface area contributed by atoms with Gasteiger partial charge in [0.1, 0.15) is 11.5 Å². The third-order valence-corrected chi connectivity index (χ3v) is 13.3. The van der Waals surface area contributed by atoms with Gasteiger partial charge in [-0.25, -0.2) is 0 Å². The van der Waals surface area contributed by atoms with Crippen molar-refractivity contribution in [2.75, 3.05) is 10.6 Å². The van der Waals surface area contributed by atoms with Crippen LogP contribution in [0.15, 0.2) is 60.7 Å². The van der Waals surface area contributed by atoms with E-state index in [2.05, 4.69) is 85.1 Å². The second-order valence-electron chi connectivity index (χ2n) is 16.4. The molecule has 0 amide bonds. The van der Waals surface area contributed by atoms with Crippen LogP contribution in [0.3, 0.4) is 0 Å². The molecule has 0 bridgehead atoms. The van der Waals surface area contributed by atoms with E-state index in [1.54, 1.807) is 0 Å². The highest BCUT2D eigenvalue weighted by atomic mass is 16.5. The van der Waals surface area contributed by atoms with Gasteiger partial charge in [-0.3, -0.25) is 0 Å². The van der Waals surface area contributed by atoms with Gasteiger partial charge < -0.3 is 30.3 Å². The van der Waals surface area contributed by atoms with Crippen LogP contribution in [0.2, 0.25) is 0 Å². The SMILES string of the molecule is CCCCC1CCC2(CC1)Nc1c(C3C(O)C(c4ccc5cccc6c5c4NC4(CCC(CCCC)CC4)O6)C3O)ccc3cccc(c13)O2. The second-order valence-corrected chi connectivity index (χ2v) is 16.4. The van der Waals surface area contributed by atoms with Gasteiger partial charge in [0.15, 0.2) is 11.4 Å². The summed E-state index contributed by atoms with van der Waals surface area (Å²) < 4.78 is 13.7. The molecule has 2 spiro atoms. The zero-order valence-electron chi connectivity index (χ0n) is 29.8. The van der Waals surface area contributed by atoms with Crippen LogP contribution < -0.4 is 20.1 Å². The Morgan fingerprint density at radius 2 is 1.02 bits per heavy atom. The molecule has 2 heterocycles. The minimum Gasteiger partial charge on any atom is -0.467 e. The van der Waals surface area contributed by atoms with Crippen LogP contribution >= 0.6 is 0 Å². The topological polar surface area (TPSA) is 83.0 Å². The van der Waals surface area contributed by atoms with Crippen LogP contribution in [0.4, 0.5) is 11.4 Å². The molecule has 50 heavy (non-hydrogen) atoms. The average molecular weight is 675 g/mol. The summed E-state index contributed by atoms with van der Waals surface area (Å²) in [5.74, 6) is 2.53. The van der Waals surface area contributed by atoms with Crippen molar-refractivity contribution in [2.45, 2.75) is 139 Å². The van der Waals surface area contributed by atoms with Crippen LogP contribution in [0.1, 0.15) is 127 Å². The molecule has 3 aliphatic carbocycles. The number of hydrogen-bond acceptors (Lipinski definition) is 6. The maximum atomic E-state index is 12.2. The number of unbranched alkanes of at least 4 members (excludes halogenated alkanes) is 2. The Labute approximate surface area is 296 Å². The third kappa shape index (κ3) is 5.27. The van der Waals surface area contributed by atoms with E-state index in [4.69, 9.17) is 9.47 Å². The fraction of sp³-hybridized carbons (Fsp3) is 0.545. The van der Waals surface area contributed by atoms with Gasteiger partial charge in [-0.1, -0.05) is 101 Å². The van der Waals surface area contributed by atoms with Crippen LogP contribution in [-0.4, -0.2) is 33.9 Å². The lowest BCUT2D eigenvalue weighted by Gasteiger charge is -2.51. The van der Waals surface area contributed by atoms with Crippen LogP contribution in [-0.2, 0) is 0 Å². The maximum absolute atomic E-state index is 12.2. The summed E-state index contributed by atoms with van der Waals surface area (Å²) in [5.41, 5.74) is 3.14. The molecule has 9 rings (SSSR count). The van der Waals surface area contributed by atoms with Crippen molar-refractivity contribution in [3.8, 4) is 11.5 Å². The predicted molar refractivity (Wildman–Crippen MR) is 202 cm³/mol. The molecule has 6 heteroatoms. The summed E-state index contributed by atoms with van der Waals surface area (Å²) in [4.78, 5) is 0. The normalized spacial score (nSPS) is 32.6. The maximum Gasteiger partial charge on any atom is 0.180 e. The smallest absolute Gasteiger partial charge is 0.180 e. The molecule has 0 unspecified atom stereocenters. The number of hydrogen-bond donors (Lipinski definition) is 4. The van der Waals surface area contributed by atoms with E-state index in [0.29, 0.717) is 0 Å². The van der Waals surface area contributed by atoms with Gasteiger partial charge in [0.2, 0.25) is 0 Å². The van der Waals surface area contributed by atoms with Crippen molar-refractivity contribution in [1.82, 2.24) is 0 Å². The van der Waals surface area contributed by atoms with Crippen molar-refractivity contribution in [3.05, 3.63) is 71.8 Å². The molecule has 0 saturated heterocycles. The van der Waals surface area contributed by atoms with E-state index in [0.717, 1.165) is 119 Å². The molecule has 5 aliphatic rings. The first kappa shape index (κ1) is 32.4. The number of aliphatic hydroxyl groups excluding tert-OH is 2. The Morgan fingerprint density at radius 1 is 0.600 bits per heavy atom. The summed E-state index contributed by atoms with van der Waals surface area (Å²) in [5, 5.41) is 36.5. The summed E-state index contributed by atoms with van der Waals surface area (Å²) in [7, 11) is 0. The predicted octanol–water partition coefficient (Wildman–Crippen LogP) is 10.4. The van der Waals surface area contributed by atoms with Gasteiger partial charge in [0.05, 0.1) is 23.6 Å². The van der Waals surface area contributed by atoms with Gasteiger partial charge in [-0.15, -0.1) is 0 Å². The van der Waals surface area contributed by atoms with E-state index in [-0.39, 0.29) is 0 Å². The molecule has 4 N–H and O–H groups in total. The monoisotopic (exact) mass is 674 g/mol. The van der Waals surface area contributed by atoms with E-state index in [1.807, 2.05) is 0 Å². The Kier molecular flexibility index (Phi) is 8.19. The van der Waals surface area contributed by atoms with E-state index in [9.17, 15) is 10.2 Å². The van der Waals surface area contributed by atoms with Crippen molar-refractivity contribution in [2.24, 2.45) is 11.8 Å². The van der Waals surface area contributed by atoms with Gasteiger partial charge in [0.25, 0.3) is 0 Å². The molecule has 264 valence electrons. The molecule has 3 fully saturated rings. The van der Waals surface area contributed by atoms with Crippen molar-refractivity contribution in [1.29, 1.82) is 0 Å². The fourth-order valence-corrected chi connectivity index (χ4v) is 10.4. The summed E-state index contributed by atoms with van der Waals surface area (Å²) in [6.07, 6.45) is 14.7. The number of ether oxygens (including phenoxy) is 2. The zero-order chi connectivity index (χ0) is 34.0. The molecule has 4 aromatic carbocycles. The number of aliphatic hydroxyl groups is 2. The largest absolute Gasteiger partial charge is 0.467 e. The Bertz CT molecular complexity index is 1740. The minimum atomic E-state index is -0.734. The Morgan fingerprint density at radius 3 is 1.42 bits per heavy atom. The first-order valence-electron chi connectivity index (χ1n) is 19.8. The summed E-state index contributed by atoms with van der Waals surface area (Å²) in [6, 6.07) is 21.1. The molecule has 2 aliphatic heterocycles. The molecular formula is C44H54N2O4. The van der Waals surface area contributed by atoms with Crippen molar-refractivity contribution >= 4 is 32.9 Å². The van der Waals surface area contributed by atoms with Crippen LogP contribution in [0, 0.1) is 11.8 Å². The van der Waals surface area contributed by atoms with E-state index >= 15 is 0 Å². The highest BCUT2D eigenvalue weighted by Crippen LogP contribution is 2.57. The lowest BCUT2D eigenvalue weighted by molar-refractivity contribution is -0.0784. The highest BCUT2D eigenvalue weighted by molar-refractivity contribution is 6.03. The van der Waals surface area contributed by atoms with Crippen molar-refractivity contribution < 1.29 is 19.7 Å². The third-order valence-electron chi connectivity index (χ3n) is 13.3. The quantitative estimate of drug-likeness (QED) is 0.149. The average Bonchev–Trinajstić information content (AvgIpc) is 3.13.